The van der Waals surface area contributed by atoms with Gasteiger partial charge < -0.3 is 25.1 Å². The summed E-state index contributed by atoms with van der Waals surface area (Å²) in [6, 6.07) is 14.1. The molecule has 0 aliphatic rings. The van der Waals surface area contributed by atoms with Crippen LogP contribution in [0, 0.1) is 6.92 Å². The number of hydrogen-bond acceptors (Lipinski definition) is 11. The van der Waals surface area contributed by atoms with Gasteiger partial charge in [-0.15, -0.1) is 11.3 Å². The maximum absolute atomic E-state index is 12.9. The largest absolute Gasteiger partial charge is 0.491 e. The zero-order valence-corrected chi connectivity index (χ0v) is 24.6. The lowest BCUT2D eigenvalue weighted by molar-refractivity contribution is -0.202. The highest BCUT2D eigenvalue weighted by Crippen LogP contribution is 2.23. The number of para-hydroxylation sites is 2. The molecular formula is C29H24F3N7O6S. The lowest BCUT2D eigenvalue weighted by atomic mass is 10.2. The number of H-pyrrole nitrogens is 1. The van der Waals surface area contributed by atoms with Crippen molar-refractivity contribution >= 4 is 46.2 Å². The Kier molecular flexibility index (Phi) is 9.41. The summed E-state index contributed by atoms with van der Waals surface area (Å²) in [6.07, 6.45) is -5.39. The van der Waals surface area contributed by atoms with Crippen LogP contribution in [0.2, 0.25) is 0 Å². The van der Waals surface area contributed by atoms with E-state index in [1.54, 1.807) is 37.3 Å². The van der Waals surface area contributed by atoms with Gasteiger partial charge in [-0.25, -0.2) is 29.1 Å². The molecule has 2 aromatic carbocycles. The van der Waals surface area contributed by atoms with Gasteiger partial charge >= 0.3 is 29.9 Å². The number of halogens is 3. The van der Waals surface area contributed by atoms with Crippen molar-refractivity contribution in [2.75, 3.05) is 5.32 Å². The number of benzene rings is 2. The molecule has 13 nitrogen and oxygen atoms in total. The maximum atomic E-state index is 12.9. The molecule has 0 aliphatic carbocycles. The first-order valence-electron chi connectivity index (χ1n) is 13.5. The van der Waals surface area contributed by atoms with E-state index in [4.69, 9.17) is 4.74 Å². The maximum Gasteiger partial charge on any atom is 0.491 e. The predicted octanol–water partition coefficient (Wildman–Crippen LogP) is 4.09. The number of aromatic nitrogens is 5. The lowest BCUT2D eigenvalue weighted by Crippen LogP contribution is -2.48. The third-order valence-corrected chi connectivity index (χ3v) is 7.21. The van der Waals surface area contributed by atoms with Crippen molar-refractivity contribution in [1.82, 2.24) is 29.8 Å². The van der Waals surface area contributed by atoms with E-state index in [9.17, 15) is 32.3 Å². The monoisotopic (exact) mass is 655 g/mol. The molecule has 1 atom stereocenters. The second-order valence-corrected chi connectivity index (χ2v) is 10.7. The number of nitrogens with one attached hydrogen (secondary N) is 3. The van der Waals surface area contributed by atoms with Crippen LogP contribution < -0.4 is 16.3 Å². The van der Waals surface area contributed by atoms with E-state index in [1.807, 2.05) is 29.6 Å². The second kappa shape index (κ2) is 13.6. The van der Waals surface area contributed by atoms with E-state index in [-0.39, 0.29) is 19.0 Å². The molecule has 1 amide bonds. The van der Waals surface area contributed by atoms with Gasteiger partial charge in [-0.05, 0) is 24.6 Å². The predicted molar refractivity (Wildman–Crippen MR) is 158 cm³/mol. The Morgan fingerprint density at radius 2 is 1.78 bits per heavy atom. The van der Waals surface area contributed by atoms with Crippen LogP contribution in [0.15, 0.2) is 71.0 Å². The number of anilines is 1. The fraction of sp³-hybridized carbons (Fsp3) is 0.207. The average Bonchev–Trinajstić information content (AvgIpc) is 3.68. The van der Waals surface area contributed by atoms with E-state index in [0.29, 0.717) is 27.7 Å². The van der Waals surface area contributed by atoms with E-state index in [2.05, 4.69) is 35.3 Å². The first-order valence-corrected chi connectivity index (χ1v) is 14.4. The van der Waals surface area contributed by atoms with Crippen molar-refractivity contribution in [2.45, 2.75) is 38.8 Å². The summed E-state index contributed by atoms with van der Waals surface area (Å²) in [5, 5.41) is 7.56. The van der Waals surface area contributed by atoms with E-state index in [0.717, 1.165) is 15.6 Å². The number of rotatable bonds is 10. The number of amides is 1. The Hall–Kier alpha value is -5.58. The molecule has 3 N–H and O–H groups in total. The van der Waals surface area contributed by atoms with Gasteiger partial charge in [-0.2, -0.15) is 18.2 Å². The Morgan fingerprint density at radius 1 is 1.04 bits per heavy atom. The zero-order chi connectivity index (χ0) is 32.8. The number of aromatic amines is 1. The second-order valence-electron chi connectivity index (χ2n) is 9.76. The third-order valence-electron chi connectivity index (χ3n) is 6.36. The van der Waals surface area contributed by atoms with Gasteiger partial charge in [0.25, 0.3) is 0 Å². The molecular weight excluding hydrogens is 631 g/mol. The van der Waals surface area contributed by atoms with Crippen molar-refractivity contribution in [3.63, 3.8) is 0 Å². The number of carbonyl (C=O) groups excluding carboxylic acids is 3. The number of thiazole rings is 1. The van der Waals surface area contributed by atoms with Crippen LogP contribution >= 0.6 is 11.3 Å². The number of aryl methyl sites for hydroxylation is 1. The number of alkyl carbamates (subject to hydrolysis) is 1. The molecule has 5 rings (SSSR count). The van der Waals surface area contributed by atoms with Crippen LogP contribution in [0.4, 0.5) is 23.8 Å². The van der Waals surface area contributed by atoms with Crippen molar-refractivity contribution in [3.8, 4) is 11.5 Å². The van der Waals surface area contributed by atoms with Gasteiger partial charge in [-0.1, -0.05) is 42.5 Å². The molecule has 17 heteroatoms. The lowest BCUT2D eigenvalue weighted by Gasteiger charge is -2.19. The Morgan fingerprint density at radius 3 is 2.52 bits per heavy atom. The molecule has 0 unspecified atom stereocenters. The van der Waals surface area contributed by atoms with Gasteiger partial charge in [0, 0.05) is 17.1 Å². The normalized spacial score (nSPS) is 12.0. The zero-order valence-electron chi connectivity index (χ0n) is 23.8. The first-order chi connectivity index (χ1) is 22.0. The minimum Gasteiger partial charge on any atom is -0.445 e. The summed E-state index contributed by atoms with van der Waals surface area (Å²) < 4.78 is 48.0. The number of carbonyl (C=O) groups is 3. The number of esters is 2. The van der Waals surface area contributed by atoms with Crippen molar-refractivity contribution in [1.29, 1.82) is 0 Å². The summed E-state index contributed by atoms with van der Waals surface area (Å²) in [5.74, 6) is -3.75. The molecule has 5 aromatic rings. The van der Waals surface area contributed by atoms with Crippen LogP contribution in [0.25, 0.3) is 22.6 Å². The topological polar surface area (TPSA) is 170 Å². The SMILES string of the molecule is Cc1cn(C[C@H](NC(=O)OCc2ccccc2)C(=O)OC(=O)C(F)(F)F)c(=O)nc1NCc1nc(-c2nc3ccccc3[nH]2)cs1. The fourth-order valence-electron chi connectivity index (χ4n) is 4.15. The van der Waals surface area contributed by atoms with Crippen molar-refractivity contribution in [3.05, 3.63) is 92.8 Å². The highest BCUT2D eigenvalue weighted by molar-refractivity contribution is 7.09. The summed E-state index contributed by atoms with van der Waals surface area (Å²) >= 11 is 1.36. The molecule has 0 radical (unpaired) electrons. The van der Waals surface area contributed by atoms with E-state index < -0.39 is 42.5 Å². The smallest absolute Gasteiger partial charge is 0.445 e. The summed E-state index contributed by atoms with van der Waals surface area (Å²) in [7, 11) is 0. The summed E-state index contributed by atoms with van der Waals surface area (Å²) in [4.78, 5) is 65.3. The van der Waals surface area contributed by atoms with Crippen LogP contribution in [0.5, 0.6) is 0 Å². The summed E-state index contributed by atoms with van der Waals surface area (Å²) in [5.41, 5.74) is 2.40. The Labute approximate surface area is 261 Å². The molecule has 0 aliphatic heterocycles. The van der Waals surface area contributed by atoms with Crippen LogP contribution in [0.3, 0.4) is 0 Å². The van der Waals surface area contributed by atoms with Gasteiger partial charge in [0.1, 0.15) is 29.2 Å². The Balaban J connectivity index is 1.26. The number of hydrogen-bond donors (Lipinski definition) is 3. The Bertz CT molecular complexity index is 1910. The van der Waals surface area contributed by atoms with Gasteiger partial charge in [0.2, 0.25) is 0 Å². The number of fused-ring (bicyclic) bond motifs is 1. The number of nitrogens with zero attached hydrogens (tertiary/aromatic N) is 4. The van der Waals surface area contributed by atoms with Gasteiger partial charge in [-0.3, -0.25) is 4.57 Å². The molecule has 0 saturated heterocycles. The number of alkyl halides is 3. The minimum absolute atomic E-state index is 0.184. The number of imidazole rings is 1. The van der Waals surface area contributed by atoms with Crippen molar-refractivity contribution in [2.24, 2.45) is 0 Å². The average molecular weight is 656 g/mol. The highest BCUT2D eigenvalue weighted by atomic mass is 32.1. The van der Waals surface area contributed by atoms with Crippen LogP contribution in [-0.2, 0) is 38.8 Å². The standard InChI is InChI=1S/C29H24F3N7O6S/c1-16-12-39(13-20(25(40)45-26(41)29(30,31)32)37-28(43)44-14-17-7-3-2-4-8-17)27(42)38-23(16)33-11-22-34-21(15-46-22)24-35-18-9-5-6-10-19(18)36-24/h2-10,12,15,20H,11,13-14H2,1H3,(H,35,36)(H,37,43)(H,33,38,42)/t20-/m0/s1. The van der Waals surface area contributed by atoms with Crippen molar-refractivity contribution < 1.29 is 37.0 Å². The van der Waals surface area contributed by atoms with E-state index >= 15 is 0 Å². The summed E-state index contributed by atoms with van der Waals surface area (Å²) in [6.45, 7) is 0.848. The molecule has 3 aromatic heterocycles. The molecule has 0 fully saturated rings. The highest BCUT2D eigenvalue weighted by Gasteiger charge is 2.43. The first kappa shape index (κ1) is 31.8. The van der Waals surface area contributed by atoms with Gasteiger partial charge in [0.15, 0.2) is 5.82 Å². The third kappa shape index (κ3) is 7.92. The molecule has 0 bridgehead atoms. The number of ether oxygens (including phenoxy) is 2. The molecule has 238 valence electrons. The molecule has 0 spiro atoms. The molecule has 3 heterocycles. The fourth-order valence-corrected chi connectivity index (χ4v) is 4.86. The molecule has 0 saturated carbocycles. The van der Waals surface area contributed by atoms with E-state index in [1.165, 1.54) is 17.5 Å². The van der Waals surface area contributed by atoms with Crippen LogP contribution in [0.1, 0.15) is 16.1 Å². The quantitative estimate of drug-likeness (QED) is 0.147. The van der Waals surface area contributed by atoms with Crippen LogP contribution in [-0.4, -0.2) is 54.8 Å². The van der Waals surface area contributed by atoms with Gasteiger partial charge in [0.05, 0.1) is 24.1 Å². The molecule has 46 heavy (non-hydrogen) atoms. The minimum atomic E-state index is -5.47.